The van der Waals surface area contributed by atoms with Gasteiger partial charge in [0.05, 0.1) is 24.4 Å². The zero-order valence-corrected chi connectivity index (χ0v) is 62.5. The van der Waals surface area contributed by atoms with E-state index in [1.165, 1.54) is 257 Å². The largest absolute Gasteiger partial charge is 0.392 e. The van der Waals surface area contributed by atoms with Crippen molar-refractivity contribution in [1.29, 1.82) is 0 Å². The van der Waals surface area contributed by atoms with E-state index in [9.17, 15) is 39.6 Å². The lowest BCUT2D eigenvalue weighted by molar-refractivity contribution is -0.135. The lowest BCUT2D eigenvalue weighted by Crippen LogP contribution is -2.63. The summed E-state index contributed by atoms with van der Waals surface area (Å²) in [6.45, 7) is 12.0. The van der Waals surface area contributed by atoms with Crippen LogP contribution in [-0.4, -0.2) is 140 Å². The Bertz CT molecular complexity index is 1580. The SMILES string of the molecule is CCCCCCCCCCCCCCC(O)CN(CCCCC(=O)SCC1NC(=O)C(CSC(=O)CCN(CC(O)CCCCCCCCCCCCCC)CC(O)CCCCCCCCCCCCCC)NC1=O)CC(O)CCCCCCCCCCCCCC. The van der Waals surface area contributed by atoms with Crippen molar-refractivity contribution in [2.75, 3.05) is 50.8 Å². The average Bonchev–Trinajstić information content (AvgIpc) is 1.05. The molecular weight excluding hydrogens is 1190 g/mol. The number of rotatable bonds is 72. The summed E-state index contributed by atoms with van der Waals surface area (Å²) < 4.78 is 0. The number of carbonyl (C=O) groups excluding carboxylic acids is 4. The zero-order chi connectivity index (χ0) is 67.0. The van der Waals surface area contributed by atoms with Crippen molar-refractivity contribution in [3.8, 4) is 0 Å². The summed E-state index contributed by atoms with van der Waals surface area (Å²) in [5.74, 6) is -0.501. The van der Waals surface area contributed by atoms with Crippen LogP contribution in [0.1, 0.15) is 387 Å². The number of piperazine rings is 1. The molecule has 1 heterocycles. The molecule has 6 atom stereocenters. The molecule has 0 aliphatic carbocycles. The highest BCUT2D eigenvalue weighted by molar-refractivity contribution is 8.13. The molecule has 1 aliphatic heterocycles. The van der Waals surface area contributed by atoms with Gasteiger partial charge in [-0.25, -0.2) is 0 Å². The molecule has 6 unspecified atom stereocenters. The van der Waals surface area contributed by atoms with Gasteiger partial charge in [-0.3, -0.25) is 29.0 Å². The van der Waals surface area contributed by atoms with E-state index in [1.54, 1.807) is 0 Å². The molecule has 92 heavy (non-hydrogen) atoms. The average molecular weight is 1340 g/mol. The molecule has 1 aliphatic rings. The van der Waals surface area contributed by atoms with E-state index in [1.807, 2.05) is 4.90 Å². The molecule has 544 valence electrons. The Morgan fingerprint density at radius 3 is 0.783 bits per heavy atom. The van der Waals surface area contributed by atoms with E-state index in [0.29, 0.717) is 65.0 Å². The van der Waals surface area contributed by atoms with Crippen LogP contribution in [0.3, 0.4) is 0 Å². The Morgan fingerprint density at radius 2 is 0.533 bits per heavy atom. The van der Waals surface area contributed by atoms with Gasteiger partial charge in [0.2, 0.25) is 11.8 Å². The first-order chi connectivity index (χ1) is 44.9. The number of unbranched alkanes of at least 4 members (excludes halogenated alkanes) is 45. The smallest absolute Gasteiger partial charge is 0.244 e. The molecule has 0 bridgehead atoms. The predicted octanol–water partition coefficient (Wildman–Crippen LogP) is 19.5. The number of aliphatic hydroxyl groups excluding tert-OH is 4. The van der Waals surface area contributed by atoms with E-state index in [2.05, 4.69) is 43.2 Å². The first-order valence-electron chi connectivity index (χ1n) is 40.0. The Hall–Kier alpha value is -1.26. The fraction of sp³-hybridized carbons (Fsp3) is 0.949. The van der Waals surface area contributed by atoms with Gasteiger partial charge in [0, 0.05) is 57.1 Å². The Morgan fingerprint density at radius 1 is 0.315 bits per heavy atom. The Balaban J connectivity index is 2.60. The van der Waals surface area contributed by atoms with Gasteiger partial charge in [-0.1, -0.05) is 359 Å². The molecule has 14 heteroatoms. The predicted molar refractivity (Wildman–Crippen MR) is 397 cm³/mol. The van der Waals surface area contributed by atoms with Crippen molar-refractivity contribution in [3.63, 3.8) is 0 Å². The molecule has 1 rings (SSSR count). The third-order valence-corrected chi connectivity index (χ3v) is 21.3. The van der Waals surface area contributed by atoms with E-state index < -0.39 is 36.5 Å². The van der Waals surface area contributed by atoms with Gasteiger partial charge in [-0.15, -0.1) is 0 Å². The lowest BCUT2D eigenvalue weighted by atomic mass is 10.0. The van der Waals surface area contributed by atoms with Gasteiger partial charge in [0.15, 0.2) is 10.2 Å². The third-order valence-electron chi connectivity index (χ3n) is 19.3. The van der Waals surface area contributed by atoms with Crippen LogP contribution in [0.4, 0.5) is 0 Å². The molecule has 0 spiro atoms. The standard InChI is InChI=1S/C78H152N4O8S2/c1-5-9-13-17-21-25-29-33-37-41-45-49-55-69(83)63-81(64-70(84)56-50-46-42-38-34-30-26-22-18-14-10-6-2)61-54-53-59-75(87)91-67-73-77(89)80-74(78(90)79-73)68-92-76(88)60-62-82(65-71(85)57-51-47-43-39-35-31-27-23-19-15-11-7-3)66-72(86)58-52-48-44-40-36-32-28-24-20-16-12-8-4/h69-74,83-86H,5-68H2,1-4H3,(H,79,90)(H,80,89). The number of aliphatic hydroxyl groups is 4. The van der Waals surface area contributed by atoms with E-state index in [4.69, 9.17) is 0 Å². The van der Waals surface area contributed by atoms with Crippen molar-refractivity contribution in [2.45, 2.75) is 424 Å². The first kappa shape index (κ1) is 88.8. The first-order valence-corrected chi connectivity index (χ1v) is 42.0. The number of thioether (sulfide) groups is 2. The monoisotopic (exact) mass is 1340 g/mol. The van der Waals surface area contributed by atoms with Gasteiger partial charge in [0.1, 0.15) is 12.1 Å². The van der Waals surface area contributed by atoms with Gasteiger partial charge in [-0.05, 0) is 45.1 Å². The highest BCUT2D eigenvalue weighted by atomic mass is 32.2. The molecule has 0 radical (unpaired) electrons. The van der Waals surface area contributed by atoms with Crippen LogP contribution in [0.5, 0.6) is 0 Å². The van der Waals surface area contributed by atoms with Crippen LogP contribution >= 0.6 is 23.5 Å². The molecule has 12 nitrogen and oxygen atoms in total. The molecule has 0 saturated carbocycles. The summed E-state index contributed by atoms with van der Waals surface area (Å²) in [4.78, 5) is 57.3. The summed E-state index contributed by atoms with van der Waals surface area (Å²) in [7, 11) is 0. The van der Waals surface area contributed by atoms with E-state index in [-0.39, 0.29) is 40.0 Å². The molecule has 6 N–H and O–H groups in total. The van der Waals surface area contributed by atoms with Crippen molar-refractivity contribution in [2.24, 2.45) is 0 Å². The molecular formula is C78H152N4O8S2. The molecule has 0 aromatic heterocycles. The van der Waals surface area contributed by atoms with Crippen molar-refractivity contribution in [3.05, 3.63) is 0 Å². The Kier molecular flexibility index (Phi) is 64.6. The fourth-order valence-electron chi connectivity index (χ4n) is 13.2. The van der Waals surface area contributed by atoms with Crippen LogP contribution in [0.15, 0.2) is 0 Å². The summed E-state index contributed by atoms with van der Waals surface area (Å²) in [5.41, 5.74) is 0. The highest BCUT2D eigenvalue weighted by Crippen LogP contribution is 2.21. The minimum absolute atomic E-state index is 0.0383. The minimum Gasteiger partial charge on any atom is -0.392 e. The summed E-state index contributed by atoms with van der Waals surface area (Å²) >= 11 is 2.09. The topological polar surface area (TPSA) is 180 Å². The van der Waals surface area contributed by atoms with Gasteiger partial charge < -0.3 is 31.1 Å². The second-order valence-electron chi connectivity index (χ2n) is 28.5. The number of nitrogens with zero attached hydrogens (tertiary/aromatic N) is 2. The maximum absolute atomic E-state index is 13.4. The molecule has 1 fully saturated rings. The maximum atomic E-state index is 13.4. The number of amides is 2. The number of hydrogen-bond donors (Lipinski definition) is 6. The van der Waals surface area contributed by atoms with Gasteiger partial charge >= 0.3 is 0 Å². The fourth-order valence-corrected chi connectivity index (χ4v) is 14.9. The normalized spacial score (nSPS) is 15.8. The second kappa shape index (κ2) is 66.9. The van der Waals surface area contributed by atoms with Crippen LogP contribution in [0, 0.1) is 0 Å². The Labute approximate surface area is 577 Å². The summed E-state index contributed by atoms with van der Waals surface area (Å²) in [6, 6.07) is -1.72. The van der Waals surface area contributed by atoms with Crippen molar-refractivity contribution in [1.82, 2.24) is 20.4 Å². The second-order valence-corrected chi connectivity index (χ2v) is 30.7. The molecule has 1 saturated heterocycles. The molecule has 0 aromatic rings. The maximum Gasteiger partial charge on any atom is 0.244 e. The molecule has 2 amide bonds. The van der Waals surface area contributed by atoms with Gasteiger partial charge in [-0.2, -0.15) is 0 Å². The number of carbonyl (C=O) groups is 4. The summed E-state index contributed by atoms with van der Waals surface area (Å²) in [6.07, 6.45) is 64.0. The highest BCUT2D eigenvalue weighted by Gasteiger charge is 2.34. The number of nitrogens with one attached hydrogen (secondary N) is 2. The van der Waals surface area contributed by atoms with E-state index in [0.717, 1.165) is 94.2 Å². The molecule has 0 aromatic carbocycles. The third kappa shape index (κ3) is 57.8. The van der Waals surface area contributed by atoms with E-state index >= 15 is 0 Å². The van der Waals surface area contributed by atoms with Gasteiger partial charge in [0.25, 0.3) is 0 Å². The van der Waals surface area contributed by atoms with Crippen LogP contribution in [-0.2, 0) is 19.2 Å². The summed E-state index contributed by atoms with van der Waals surface area (Å²) in [5, 5.41) is 50.2. The van der Waals surface area contributed by atoms with Crippen LogP contribution in [0.25, 0.3) is 0 Å². The minimum atomic E-state index is -0.867. The zero-order valence-electron chi connectivity index (χ0n) is 60.9. The lowest BCUT2D eigenvalue weighted by Gasteiger charge is -2.29. The quantitative estimate of drug-likeness (QED) is 0.0318. The van der Waals surface area contributed by atoms with Crippen LogP contribution < -0.4 is 10.6 Å². The van der Waals surface area contributed by atoms with Crippen LogP contribution in [0.2, 0.25) is 0 Å². The van der Waals surface area contributed by atoms with Crippen molar-refractivity contribution < 1.29 is 39.6 Å². The number of hydrogen-bond acceptors (Lipinski definition) is 12. The van der Waals surface area contributed by atoms with Crippen molar-refractivity contribution >= 4 is 45.6 Å².